The van der Waals surface area contributed by atoms with Crippen LogP contribution in [0.5, 0.6) is 0 Å². The number of nitrogens with one attached hydrogen (secondary N) is 1. The van der Waals surface area contributed by atoms with Crippen molar-refractivity contribution in [2.75, 3.05) is 5.32 Å². The van der Waals surface area contributed by atoms with E-state index in [1.807, 2.05) is 36.4 Å². The van der Waals surface area contributed by atoms with Gasteiger partial charge >= 0.3 is 0 Å². The number of anilines is 1. The van der Waals surface area contributed by atoms with Crippen LogP contribution in [0.2, 0.25) is 0 Å². The Bertz CT molecular complexity index is 1120. The summed E-state index contributed by atoms with van der Waals surface area (Å²) < 4.78 is 6.95. The van der Waals surface area contributed by atoms with Crippen molar-refractivity contribution >= 4 is 22.9 Å². The number of aromatic nitrogens is 3. The third-order valence-corrected chi connectivity index (χ3v) is 4.76. The van der Waals surface area contributed by atoms with Gasteiger partial charge in [-0.2, -0.15) is 10.4 Å². The van der Waals surface area contributed by atoms with Gasteiger partial charge in [-0.1, -0.05) is 35.5 Å². The molecule has 0 spiro atoms. The highest BCUT2D eigenvalue weighted by Crippen LogP contribution is 2.21. The summed E-state index contributed by atoms with van der Waals surface area (Å²) in [6.45, 7) is 0.532. The van der Waals surface area contributed by atoms with Gasteiger partial charge in [0.25, 0.3) is 5.91 Å². The highest BCUT2D eigenvalue weighted by molar-refractivity contribution is 7.12. The van der Waals surface area contributed by atoms with Gasteiger partial charge in [-0.3, -0.25) is 9.48 Å². The zero-order chi connectivity index (χ0) is 18.6. The number of rotatable bonds is 5. The predicted octanol–water partition coefficient (Wildman–Crippen LogP) is 3.77. The van der Waals surface area contributed by atoms with E-state index in [1.54, 1.807) is 29.2 Å². The zero-order valence-corrected chi connectivity index (χ0v) is 14.8. The van der Waals surface area contributed by atoms with Gasteiger partial charge in [0.2, 0.25) is 0 Å². The molecule has 3 aromatic heterocycles. The molecule has 0 saturated heterocycles. The van der Waals surface area contributed by atoms with Crippen LogP contribution in [0, 0.1) is 11.3 Å². The maximum atomic E-state index is 12.4. The summed E-state index contributed by atoms with van der Waals surface area (Å²) >= 11 is 1.42. The first-order valence-corrected chi connectivity index (χ1v) is 8.88. The summed E-state index contributed by atoms with van der Waals surface area (Å²) in [4.78, 5) is 14.0. The van der Waals surface area contributed by atoms with E-state index in [9.17, 15) is 4.79 Å². The van der Waals surface area contributed by atoms with Crippen molar-refractivity contribution in [1.82, 2.24) is 14.9 Å². The number of nitriles is 1. The SMILES string of the molecule is N#Cc1ccc(Cn2cc(NC(=O)c3cc(-c4ccccc4)on3)cn2)s1. The summed E-state index contributed by atoms with van der Waals surface area (Å²) in [6.07, 6.45) is 3.29. The van der Waals surface area contributed by atoms with Gasteiger partial charge in [0.1, 0.15) is 10.9 Å². The van der Waals surface area contributed by atoms with E-state index in [0.29, 0.717) is 22.9 Å². The molecule has 1 N–H and O–H groups in total. The lowest BCUT2D eigenvalue weighted by atomic mass is 10.1. The molecule has 132 valence electrons. The van der Waals surface area contributed by atoms with Crippen molar-refractivity contribution < 1.29 is 9.32 Å². The number of hydrogen-bond donors (Lipinski definition) is 1. The second-order valence-corrected chi connectivity index (χ2v) is 6.87. The highest BCUT2D eigenvalue weighted by Gasteiger charge is 2.14. The Labute approximate surface area is 158 Å². The number of benzene rings is 1. The van der Waals surface area contributed by atoms with Gasteiger partial charge in [-0.05, 0) is 12.1 Å². The molecule has 0 aliphatic heterocycles. The molecule has 1 aromatic carbocycles. The molecular formula is C19H13N5O2S. The van der Waals surface area contributed by atoms with Crippen LogP contribution >= 0.6 is 11.3 Å². The van der Waals surface area contributed by atoms with Crippen LogP contribution in [0.15, 0.2) is 65.4 Å². The summed E-state index contributed by atoms with van der Waals surface area (Å²) in [5, 5.41) is 19.7. The minimum absolute atomic E-state index is 0.193. The molecule has 0 aliphatic rings. The third-order valence-electron chi connectivity index (χ3n) is 3.78. The molecule has 27 heavy (non-hydrogen) atoms. The van der Waals surface area contributed by atoms with Crippen LogP contribution in [0.25, 0.3) is 11.3 Å². The van der Waals surface area contributed by atoms with Crippen molar-refractivity contribution in [3.05, 3.63) is 76.4 Å². The van der Waals surface area contributed by atoms with E-state index in [0.717, 1.165) is 10.4 Å². The molecule has 1 amide bonds. The van der Waals surface area contributed by atoms with Crippen LogP contribution < -0.4 is 5.32 Å². The Morgan fingerprint density at radius 1 is 1.26 bits per heavy atom. The van der Waals surface area contributed by atoms with Crippen LogP contribution in [0.4, 0.5) is 5.69 Å². The minimum Gasteiger partial charge on any atom is -0.355 e. The number of carbonyl (C=O) groups excluding carboxylic acids is 1. The number of nitrogens with zero attached hydrogens (tertiary/aromatic N) is 4. The van der Waals surface area contributed by atoms with Gasteiger partial charge in [0.15, 0.2) is 11.5 Å². The molecule has 0 aliphatic carbocycles. The Morgan fingerprint density at radius 2 is 2.11 bits per heavy atom. The fourth-order valence-electron chi connectivity index (χ4n) is 2.51. The largest absolute Gasteiger partial charge is 0.355 e. The first-order chi connectivity index (χ1) is 13.2. The fraction of sp³-hybridized carbons (Fsp3) is 0.0526. The van der Waals surface area contributed by atoms with Crippen molar-refractivity contribution in [3.8, 4) is 17.4 Å². The first-order valence-electron chi connectivity index (χ1n) is 8.06. The Morgan fingerprint density at radius 3 is 2.89 bits per heavy atom. The average molecular weight is 375 g/mol. The third kappa shape index (κ3) is 3.78. The van der Waals surface area contributed by atoms with Crippen LogP contribution in [0.3, 0.4) is 0 Å². The highest BCUT2D eigenvalue weighted by atomic mass is 32.1. The van der Waals surface area contributed by atoms with Gasteiger partial charge in [-0.25, -0.2) is 0 Å². The van der Waals surface area contributed by atoms with Gasteiger partial charge in [-0.15, -0.1) is 11.3 Å². The zero-order valence-electron chi connectivity index (χ0n) is 14.0. The summed E-state index contributed by atoms with van der Waals surface area (Å²) in [5.74, 6) is 0.158. The lowest BCUT2D eigenvalue weighted by Gasteiger charge is -1.98. The normalized spacial score (nSPS) is 10.5. The second kappa shape index (κ2) is 7.27. The molecule has 0 unspecified atom stereocenters. The average Bonchev–Trinajstić information content (AvgIpc) is 3.43. The van der Waals surface area contributed by atoms with Gasteiger partial charge < -0.3 is 9.84 Å². The molecule has 7 nitrogen and oxygen atoms in total. The molecule has 0 saturated carbocycles. The van der Waals surface area contributed by atoms with E-state index in [4.69, 9.17) is 9.78 Å². The van der Waals surface area contributed by atoms with Crippen molar-refractivity contribution in [1.29, 1.82) is 5.26 Å². The maximum absolute atomic E-state index is 12.4. The lowest BCUT2D eigenvalue weighted by molar-refractivity contribution is 0.101. The van der Waals surface area contributed by atoms with Gasteiger partial charge in [0.05, 0.1) is 18.4 Å². The topological polar surface area (TPSA) is 96.7 Å². The quantitative estimate of drug-likeness (QED) is 0.573. The fourth-order valence-corrected chi connectivity index (χ4v) is 3.31. The van der Waals surface area contributed by atoms with Crippen LogP contribution in [-0.2, 0) is 6.54 Å². The van der Waals surface area contributed by atoms with E-state index >= 15 is 0 Å². The van der Waals surface area contributed by atoms with E-state index in [2.05, 4.69) is 21.6 Å². The molecule has 0 radical (unpaired) electrons. The van der Waals surface area contributed by atoms with E-state index in [1.165, 1.54) is 11.3 Å². The molecule has 0 fully saturated rings. The molecule has 4 rings (SSSR count). The second-order valence-electron chi connectivity index (χ2n) is 5.70. The number of amides is 1. The minimum atomic E-state index is -0.372. The maximum Gasteiger partial charge on any atom is 0.277 e. The predicted molar refractivity (Wildman–Crippen MR) is 100 cm³/mol. The molecule has 8 heteroatoms. The van der Waals surface area contributed by atoms with E-state index in [-0.39, 0.29) is 11.6 Å². The van der Waals surface area contributed by atoms with Gasteiger partial charge in [0, 0.05) is 22.7 Å². The lowest BCUT2D eigenvalue weighted by Crippen LogP contribution is -2.11. The standard InChI is InChI=1S/C19H13N5O2S/c20-9-15-6-7-16(27-15)12-24-11-14(10-21-24)22-19(25)17-8-18(26-23-17)13-4-2-1-3-5-13/h1-8,10-11H,12H2,(H,22,25). The van der Waals surface area contributed by atoms with E-state index < -0.39 is 0 Å². The Balaban J connectivity index is 1.42. The number of carbonyl (C=O) groups is 1. The molecule has 4 aromatic rings. The monoisotopic (exact) mass is 375 g/mol. The molecule has 0 bridgehead atoms. The van der Waals surface area contributed by atoms with Crippen molar-refractivity contribution in [3.63, 3.8) is 0 Å². The van der Waals surface area contributed by atoms with Crippen molar-refractivity contribution in [2.24, 2.45) is 0 Å². The summed E-state index contributed by atoms with van der Waals surface area (Å²) in [5.41, 5.74) is 1.60. The number of hydrogen-bond acceptors (Lipinski definition) is 6. The van der Waals surface area contributed by atoms with Crippen molar-refractivity contribution in [2.45, 2.75) is 6.54 Å². The number of thiophene rings is 1. The molecule has 3 heterocycles. The van der Waals surface area contributed by atoms with Crippen LogP contribution in [-0.4, -0.2) is 20.8 Å². The van der Waals surface area contributed by atoms with Crippen LogP contribution in [0.1, 0.15) is 20.2 Å². The molecular weight excluding hydrogens is 362 g/mol. The first kappa shape index (κ1) is 16.8. The smallest absolute Gasteiger partial charge is 0.277 e. The summed E-state index contributed by atoms with van der Waals surface area (Å²) in [6, 6.07) is 16.8. The Kier molecular flexibility index (Phi) is 4.51. The summed E-state index contributed by atoms with van der Waals surface area (Å²) in [7, 11) is 0. The Hall–Kier alpha value is -3.70. The molecule has 0 atom stereocenters.